The summed E-state index contributed by atoms with van der Waals surface area (Å²) in [5, 5.41) is 10.6. The third-order valence-corrected chi connectivity index (χ3v) is 2.53. The summed E-state index contributed by atoms with van der Waals surface area (Å²) < 4.78 is 10.4. The molecule has 0 aliphatic heterocycles. The lowest BCUT2D eigenvalue weighted by Crippen LogP contribution is -2.05. The Hall–Kier alpha value is -0.770. The van der Waals surface area contributed by atoms with Crippen molar-refractivity contribution in [3.8, 4) is 5.75 Å². The van der Waals surface area contributed by atoms with Gasteiger partial charge in [-0.15, -0.1) is 0 Å². The molecule has 3 nitrogen and oxygen atoms in total. The number of halogens is 1. The number of ether oxygens (including phenoxy) is 2. The predicted octanol–water partition coefficient (Wildman–Crippen LogP) is 2.81. The van der Waals surface area contributed by atoms with Gasteiger partial charge in [-0.05, 0) is 25.1 Å². The van der Waals surface area contributed by atoms with Crippen molar-refractivity contribution in [3.63, 3.8) is 0 Å². The van der Waals surface area contributed by atoms with Crippen LogP contribution in [0.5, 0.6) is 5.75 Å². The van der Waals surface area contributed by atoms with Gasteiger partial charge in [-0.2, -0.15) is 0 Å². The largest absolute Gasteiger partial charge is 0.496 e. The smallest absolute Gasteiger partial charge is 0.124 e. The topological polar surface area (TPSA) is 38.7 Å². The van der Waals surface area contributed by atoms with Gasteiger partial charge in [0.2, 0.25) is 0 Å². The van der Waals surface area contributed by atoms with Gasteiger partial charge >= 0.3 is 0 Å². The van der Waals surface area contributed by atoms with Crippen molar-refractivity contribution in [2.75, 3.05) is 20.3 Å². The lowest BCUT2D eigenvalue weighted by atomic mass is 10.1. The van der Waals surface area contributed by atoms with Crippen LogP contribution in [0, 0.1) is 0 Å². The van der Waals surface area contributed by atoms with Crippen LogP contribution in [0.25, 0.3) is 0 Å². The minimum Gasteiger partial charge on any atom is -0.496 e. The van der Waals surface area contributed by atoms with Crippen molar-refractivity contribution in [1.29, 1.82) is 0 Å². The van der Waals surface area contributed by atoms with E-state index in [1.807, 2.05) is 6.92 Å². The van der Waals surface area contributed by atoms with Gasteiger partial charge in [-0.3, -0.25) is 0 Å². The van der Waals surface area contributed by atoms with Gasteiger partial charge in [0, 0.05) is 30.2 Å². The van der Waals surface area contributed by atoms with Gasteiger partial charge in [0.05, 0.1) is 13.2 Å². The first-order valence-electron chi connectivity index (χ1n) is 5.28. The van der Waals surface area contributed by atoms with Gasteiger partial charge in [-0.25, -0.2) is 0 Å². The Morgan fingerprint density at radius 1 is 1.44 bits per heavy atom. The number of aliphatic hydroxyl groups excluding tert-OH is 1. The van der Waals surface area contributed by atoms with Crippen LogP contribution in [0.1, 0.15) is 25.0 Å². The Morgan fingerprint density at radius 3 is 2.81 bits per heavy atom. The van der Waals surface area contributed by atoms with Crippen molar-refractivity contribution in [3.05, 3.63) is 28.8 Å². The first-order valence-corrected chi connectivity index (χ1v) is 5.66. The van der Waals surface area contributed by atoms with Crippen LogP contribution in [0.15, 0.2) is 18.2 Å². The van der Waals surface area contributed by atoms with Crippen molar-refractivity contribution in [1.82, 2.24) is 0 Å². The maximum absolute atomic E-state index is 9.96. The highest BCUT2D eigenvalue weighted by molar-refractivity contribution is 6.30. The molecule has 0 radical (unpaired) electrons. The summed E-state index contributed by atoms with van der Waals surface area (Å²) >= 11 is 5.88. The summed E-state index contributed by atoms with van der Waals surface area (Å²) in [4.78, 5) is 0. The monoisotopic (exact) mass is 244 g/mol. The molecule has 16 heavy (non-hydrogen) atoms. The molecule has 0 saturated carbocycles. The molecule has 90 valence electrons. The number of aliphatic hydroxyl groups is 1. The molecule has 0 spiro atoms. The minimum absolute atomic E-state index is 0.521. The number of hydrogen-bond acceptors (Lipinski definition) is 3. The van der Waals surface area contributed by atoms with Crippen LogP contribution in [0.3, 0.4) is 0 Å². The van der Waals surface area contributed by atoms with E-state index in [0.717, 1.165) is 0 Å². The lowest BCUT2D eigenvalue weighted by molar-refractivity contribution is 0.0873. The SMILES string of the molecule is CCOCCC(O)c1cc(Cl)ccc1OC. The maximum Gasteiger partial charge on any atom is 0.124 e. The van der Waals surface area contributed by atoms with E-state index in [4.69, 9.17) is 21.1 Å². The highest BCUT2D eigenvalue weighted by Gasteiger charge is 2.13. The van der Waals surface area contributed by atoms with E-state index in [2.05, 4.69) is 0 Å². The number of hydrogen-bond donors (Lipinski definition) is 1. The molecular formula is C12H17ClO3. The second-order valence-corrected chi connectivity index (χ2v) is 3.82. The molecule has 4 heteroatoms. The van der Waals surface area contributed by atoms with E-state index >= 15 is 0 Å². The van der Waals surface area contributed by atoms with E-state index in [9.17, 15) is 5.11 Å². The van der Waals surface area contributed by atoms with Gasteiger partial charge in [0.1, 0.15) is 5.75 Å². The molecule has 1 N–H and O–H groups in total. The summed E-state index contributed by atoms with van der Waals surface area (Å²) in [7, 11) is 1.57. The second-order valence-electron chi connectivity index (χ2n) is 3.39. The number of benzene rings is 1. The van der Waals surface area contributed by atoms with Gasteiger partial charge in [-0.1, -0.05) is 11.6 Å². The minimum atomic E-state index is -0.611. The van der Waals surface area contributed by atoms with Crippen LogP contribution < -0.4 is 4.74 Å². The third-order valence-electron chi connectivity index (χ3n) is 2.29. The fraction of sp³-hybridized carbons (Fsp3) is 0.500. The van der Waals surface area contributed by atoms with Gasteiger partial charge < -0.3 is 14.6 Å². The van der Waals surface area contributed by atoms with Crippen molar-refractivity contribution in [2.24, 2.45) is 0 Å². The zero-order chi connectivity index (χ0) is 12.0. The molecule has 0 aliphatic carbocycles. The molecule has 1 rings (SSSR count). The molecule has 0 saturated heterocycles. The summed E-state index contributed by atoms with van der Waals surface area (Å²) in [6, 6.07) is 5.21. The molecule has 0 aliphatic rings. The molecule has 1 unspecified atom stereocenters. The van der Waals surface area contributed by atoms with E-state index < -0.39 is 6.10 Å². The zero-order valence-electron chi connectivity index (χ0n) is 9.57. The van der Waals surface area contributed by atoms with Crippen molar-refractivity contribution in [2.45, 2.75) is 19.4 Å². The molecule has 0 fully saturated rings. The van der Waals surface area contributed by atoms with Crippen molar-refractivity contribution >= 4 is 11.6 Å². The molecule has 0 bridgehead atoms. The third kappa shape index (κ3) is 3.67. The summed E-state index contributed by atoms with van der Waals surface area (Å²) in [6.07, 6.45) is -0.0786. The van der Waals surface area contributed by atoms with Crippen LogP contribution >= 0.6 is 11.6 Å². The lowest BCUT2D eigenvalue weighted by Gasteiger charge is -2.15. The maximum atomic E-state index is 9.96. The Morgan fingerprint density at radius 2 is 2.19 bits per heavy atom. The fourth-order valence-corrected chi connectivity index (χ4v) is 1.64. The Balaban J connectivity index is 2.72. The Kier molecular flexibility index (Phi) is 5.60. The Labute approximate surface area is 101 Å². The van der Waals surface area contributed by atoms with E-state index in [-0.39, 0.29) is 0 Å². The average molecular weight is 245 g/mol. The standard InChI is InChI=1S/C12H17ClO3/c1-3-16-7-6-11(14)10-8-9(13)4-5-12(10)15-2/h4-5,8,11,14H,3,6-7H2,1-2H3. The van der Waals surface area contributed by atoms with Crippen LogP contribution in [-0.2, 0) is 4.74 Å². The molecule has 0 heterocycles. The first-order chi connectivity index (χ1) is 7.69. The van der Waals surface area contributed by atoms with E-state index in [1.165, 1.54) is 0 Å². The van der Waals surface area contributed by atoms with Gasteiger partial charge in [0.25, 0.3) is 0 Å². The highest BCUT2D eigenvalue weighted by Crippen LogP contribution is 2.29. The highest BCUT2D eigenvalue weighted by atomic mass is 35.5. The Bertz CT molecular complexity index is 328. The average Bonchev–Trinajstić information content (AvgIpc) is 2.29. The van der Waals surface area contributed by atoms with E-state index in [1.54, 1.807) is 25.3 Å². The summed E-state index contributed by atoms with van der Waals surface area (Å²) in [5.74, 6) is 0.647. The number of rotatable bonds is 6. The predicted molar refractivity (Wildman–Crippen MR) is 64.1 cm³/mol. The summed E-state index contributed by atoms with van der Waals surface area (Å²) in [5.41, 5.74) is 0.703. The first kappa shape index (κ1) is 13.3. The molecule has 0 amide bonds. The van der Waals surface area contributed by atoms with Crippen LogP contribution in [0.2, 0.25) is 5.02 Å². The van der Waals surface area contributed by atoms with E-state index in [0.29, 0.717) is 36.0 Å². The van der Waals surface area contributed by atoms with Crippen LogP contribution in [0.4, 0.5) is 0 Å². The fourth-order valence-electron chi connectivity index (χ4n) is 1.46. The quantitative estimate of drug-likeness (QED) is 0.782. The second kappa shape index (κ2) is 6.74. The molecule has 0 aromatic heterocycles. The number of methoxy groups -OCH3 is 1. The van der Waals surface area contributed by atoms with Crippen molar-refractivity contribution < 1.29 is 14.6 Å². The zero-order valence-corrected chi connectivity index (χ0v) is 10.3. The summed E-state index contributed by atoms with van der Waals surface area (Å²) in [6.45, 7) is 3.10. The normalized spacial score (nSPS) is 12.5. The molecule has 1 atom stereocenters. The van der Waals surface area contributed by atoms with Gasteiger partial charge in [0.15, 0.2) is 0 Å². The molecular weight excluding hydrogens is 228 g/mol. The molecule has 1 aromatic carbocycles. The molecule has 1 aromatic rings. The van der Waals surface area contributed by atoms with Crippen LogP contribution in [-0.4, -0.2) is 25.4 Å².